The monoisotopic (exact) mass is 538 g/mol. The van der Waals surface area contributed by atoms with Crippen LogP contribution in [0.3, 0.4) is 0 Å². The van der Waals surface area contributed by atoms with E-state index < -0.39 is 81.8 Å². The molecule has 0 bridgehead atoms. The highest BCUT2D eigenvalue weighted by molar-refractivity contribution is 6.23. The molecule has 3 rings (SSSR count). The van der Waals surface area contributed by atoms with Gasteiger partial charge in [-0.25, -0.2) is 0 Å². The molecule has 0 aromatic rings. The molecule has 0 saturated carbocycles. The van der Waals surface area contributed by atoms with E-state index in [0.29, 0.717) is 0 Å². The summed E-state index contributed by atoms with van der Waals surface area (Å²) in [6.45, 7) is 11.7. The standard InChI is InChI=1S/C26H31ClO10/c1-12-17(34-14(3)28)8-10-24(6)11-9-18(31)25(7,37-16(5)30)20(24)22(35-15(4)29)26(33)13(2)23(32)36-21(26)19(12)27/h8-11,13,17,19-22,33H,1H2,2-7H3. The number of fused-ring (bicyclic) bond motifs is 2. The van der Waals surface area contributed by atoms with Gasteiger partial charge in [0, 0.05) is 26.2 Å². The lowest BCUT2D eigenvalue weighted by atomic mass is 9.56. The molecule has 1 heterocycles. The lowest BCUT2D eigenvalue weighted by Crippen LogP contribution is -2.68. The number of carbonyl (C=O) groups is 5. The van der Waals surface area contributed by atoms with Crippen LogP contribution in [0.4, 0.5) is 0 Å². The maximum Gasteiger partial charge on any atom is 0.312 e. The Kier molecular flexibility index (Phi) is 7.51. The molecule has 11 heteroatoms. The summed E-state index contributed by atoms with van der Waals surface area (Å²) in [6, 6.07) is 0. The first-order chi connectivity index (χ1) is 17.0. The molecule has 202 valence electrons. The Labute approximate surface area is 219 Å². The Hall–Kier alpha value is -2.98. The van der Waals surface area contributed by atoms with Gasteiger partial charge in [0.05, 0.1) is 17.2 Å². The van der Waals surface area contributed by atoms with Gasteiger partial charge in [-0.1, -0.05) is 25.7 Å². The van der Waals surface area contributed by atoms with E-state index in [-0.39, 0.29) is 5.57 Å². The molecule has 0 aromatic heterocycles. The highest BCUT2D eigenvalue weighted by Gasteiger charge is 2.70. The van der Waals surface area contributed by atoms with Crippen molar-refractivity contribution in [2.24, 2.45) is 17.3 Å². The summed E-state index contributed by atoms with van der Waals surface area (Å²) in [5, 5.41) is 11.0. The second-order valence-electron chi connectivity index (χ2n) is 10.1. The Morgan fingerprint density at radius 2 is 1.65 bits per heavy atom. The summed E-state index contributed by atoms with van der Waals surface area (Å²) in [6.07, 6.45) is 1.51. The van der Waals surface area contributed by atoms with Crippen molar-refractivity contribution in [3.05, 3.63) is 36.5 Å². The molecule has 0 spiro atoms. The van der Waals surface area contributed by atoms with E-state index >= 15 is 0 Å². The lowest BCUT2D eigenvalue weighted by molar-refractivity contribution is -0.220. The van der Waals surface area contributed by atoms with Gasteiger partial charge in [0.1, 0.15) is 12.2 Å². The van der Waals surface area contributed by atoms with Crippen molar-refractivity contribution in [1.29, 1.82) is 0 Å². The molecule has 1 aliphatic heterocycles. The Bertz CT molecular complexity index is 1110. The molecule has 3 aliphatic rings. The van der Waals surface area contributed by atoms with Gasteiger partial charge in [0.15, 0.2) is 23.1 Å². The number of esters is 4. The fraction of sp³-hybridized carbons (Fsp3) is 0.577. The van der Waals surface area contributed by atoms with E-state index in [1.165, 1.54) is 39.0 Å². The van der Waals surface area contributed by atoms with E-state index in [2.05, 4.69) is 6.58 Å². The number of ether oxygens (including phenoxy) is 4. The zero-order valence-corrected chi connectivity index (χ0v) is 22.2. The minimum Gasteiger partial charge on any atom is -0.459 e. The number of carbonyl (C=O) groups excluding carboxylic acids is 5. The first kappa shape index (κ1) is 28.6. The van der Waals surface area contributed by atoms with Crippen molar-refractivity contribution >= 4 is 41.3 Å². The summed E-state index contributed by atoms with van der Waals surface area (Å²) >= 11 is 6.70. The maximum absolute atomic E-state index is 13.3. The third-order valence-corrected chi connectivity index (χ3v) is 7.92. The second kappa shape index (κ2) is 9.72. The molecule has 10 nitrogen and oxygen atoms in total. The molecule has 37 heavy (non-hydrogen) atoms. The largest absolute Gasteiger partial charge is 0.459 e. The zero-order valence-electron chi connectivity index (χ0n) is 21.5. The quantitative estimate of drug-likeness (QED) is 0.245. The maximum atomic E-state index is 13.3. The lowest BCUT2D eigenvalue weighted by Gasteiger charge is -2.53. The van der Waals surface area contributed by atoms with Crippen LogP contribution in [0.5, 0.6) is 0 Å². The zero-order chi connectivity index (χ0) is 28.1. The molecule has 1 saturated heterocycles. The van der Waals surface area contributed by atoms with Gasteiger partial charge in [-0.05, 0) is 31.6 Å². The minimum absolute atomic E-state index is 0.0979. The minimum atomic E-state index is -2.32. The van der Waals surface area contributed by atoms with Crippen molar-refractivity contribution in [1.82, 2.24) is 0 Å². The molecule has 0 radical (unpaired) electrons. The van der Waals surface area contributed by atoms with Gasteiger partial charge in [-0.15, -0.1) is 11.6 Å². The number of ketones is 1. The van der Waals surface area contributed by atoms with Crippen molar-refractivity contribution < 1.29 is 48.0 Å². The van der Waals surface area contributed by atoms with Gasteiger partial charge >= 0.3 is 23.9 Å². The third-order valence-electron chi connectivity index (χ3n) is 7.41. The predicted octanol–water partition coefficient (Wildman–Crippen LogP) is 1.96. The van der Waals surface area contributed by atoms with Gasteiger partial charge in [0.2, 0.25) is 0 Å². The number of halogens is 1. The molecule has 0 amide bonds. The first-order valence-electron chi connectivity index (χ1n) is 11.7. The van der Waals surface area contributed by atoms with Crippen LogP contribution in [-0.2, 0) is 42.9 Å². The number of hydrogen-bond acceptors (Lipinski definition) is 10. The first-order valence-corrected chi connectivity index (χ1v) is 12.1. The van der Waals surface area contributed by atoms with Crippen LogP contribution < -0.4 is 0 Å². The van der Waals surface area contributed by atoms with Crippen LogP contribution in [0.1, 0.15) is 41.5 Å². The van der Waals surface area contributed by atoms with Crippen molar-refractivity contribution in [3.8, 4) is 0 Å². The molecule has 2 aliphatic carbocycles. The molecule has 0 aromatic carbocycles. The van der Waals surface area contributed by atoms with Gasteiger partial charge in [0.25, 0.3) is 0 Å². The number of rotatable bonds is 3. The second-order valence-corrected chi connectivity index (χ2v) is 10.6. The number of aliphatic hydroxyl groups is 1. The van der Waals surface area contributed by atoms with Crippen molar-refractivity contribution in [2.45, 2.75) is 76.4 Å². The van der Waals surface area contributed by atoms with Gasteiger partial charge in [-0.3, -0.25) is 24.0 Å². The highest BCUT2D eigenvalue weighted by atomic mass is 35.5. The summed E-state index contributed by atoms with van der Waals surface area (Å²) in [5.74, 6) is -6.32. The van der Waals surface area contributed by atoms with Crippen LogP contribution in [0.15, 0.2) is 36.5 Å². The fourth-order valence-corrected chi connectivity index (χ4v) is 5.97. The molecule has 1 fully saturated rings. The molecular formula is C26H31ClO10. The van der Waals surface area contributed by atoms with Crippen LogP contribution in [0.2, 0.25) is 0 Å². The third kappa shape index (κ3) is 4.72. The topological polar surface area (TPSA) is 143 Å². The van der Waals surface area contributed by atoms with Crippen molar-refractivity contribution in [2.75, 3.05) is 0 Å². The van der Waals surface area contributed by atoms with E-state index in [1.54, 1.807) is 13.0 Å². The SMILES string of the molecule is C=C1C(OC(C)=O)C=CC2(C)C=CC(=O)C(C)(OC(C)=O)C2C(OC(C)=O)C2(O)C(C)C(=O)OC2C1Cl. The van der Waals surface area contributed by atoms with Crippen LogP contribution in [-0.4, -0.2) is 69.7 Å². The smallest absolute Gasteiger partial charge is 0.312 e. The summed E-state index contributed by atoms with van der Waals surface area (Å²) in [5.41, 5.74) is -5.44. The van der Waals surface area contributed by atoms with Gasteiger partial charge in [-0.2, -0.15) is 0 Å². The molecular weight excluding hydrogens is 508 g/mol. The van der Waals surface area contributed by atoms with E-state index in [0.717, 1.165) is 13.8 Å². The molecule has 9 atom stereocenters. The number of hydrogen-bond donors (Lipinski definition) is 1. The van der Waals surface area contributed by atoms with Crippen LogP contribution >= 0.6 is 11.6 Å². The number of alkyl halides is 1. The summed E-state index contributed by atoms with van der Waals surface area (Å²) < 4.78 is 22.2. The van der Waals surface area contributed by atoms with Crippen LogP contribution in [0.25, 0.3) is 0 Å². The summed E-state index contributed by atoms with van der Waals surface area (Å²) in [7, 11) is 0. The van der Waals surface area contributed by atoms with E-state index in [4.69, 9.17) is 30.5 Å². The van der Waals surface area contributed by atoms with Gasteiger partial charge < -0.3 is 24.1 Å². The Morgan fingerprint density at radius 1 is 1.05 bits per heavy atom. The van der Waals surface area contributed by atoms with Crippen LogP contribution in [0, 0.1) is 17.3 Å². The van der Waals surface area contributed by atoms with E-state index in [1.807, 2.05) is 0 Å². The number of allylic oxidation sites excluding steroid dienone is 2. The Balaban J connectivity index is 2.43. The van der Waals surface area contributed by atoms with Crippen molar-refractivity contribution in [3.63, 3.8) is 0 Å². The average molecular weight is 539 g/mol. The normalized spacial score (nSPS) is 41.2. The molecule has 9 unspecified atom stereocenters. The Morgan fingerprint density at radius 3 is 2.19 bits per heavy atom. The predicted molar refractivity (Wildman–Crippen MR) is 129 cm³/mol. The summed E-state index contributed by atoms with van der Waals surface area (Å²) in [4.78, 5) is 62.6. The fourth-order valence-electron chi connectivity index (χ4n) is 5.59. The average Bonchev–Trinajstić information content (AvgIpc) is 3.01. The highest BCUT2D eigenvalue weighted by Crippen LogP contribution is 2.54. The molecule has 1 N–H and O–H groups in total. The van der Waals surface area contributed by atoms with E-state index in [9.17, 15) is 29.1 Å².